The van der Waals surface area contributed by atoms with E-state index in [-0.39, 0.29) is 11.0 Å². The highest BCUT2D eigenvalue weighted by atomic mass is 15.1. The molecule has 2 nitrogen and oxygen atoms in total. The Hall–Kier alpha value is -0.550. The van der Waals surface area contributed by atoms with Gasteiger partial charge in [-0.15, -0.1) is 0 Å². The maximum atomic E-state index is 8.87. The average molecular weight is 168 g/mol. The fourth-order valence-electron chi connectivity index (χ4n) is 1.28. The molecule has 0 spiro atoms. The van der Waals surface area contributed by atoms with Gasteiger partial charge in [0.15, 0.2) is 0 Å². The van der Waals surface area contributed by atoms with E-state index < -0.39 is 0 Å². The molecule has 0 unspecified atom stereocenters. The van der Waals surface area contributed by atoms with Gasteiger partial charge in [-0.05, 0) is 48.2 Å². The third-order valence-corrected chi connectivity index (χ3v) is 2.39. The third-order valence-electron chi connectivity index (χ3n) is 2.39. The van der Waals surface area contributed by atoms with Crippen molar-refractivity contribution in [1.29, 1.82) is 5.26 Å². The van der Waals surface area contributed by atoms with Crippen molar-refractivity contribution in [3.05, 3.63) is 0 Å². The van der Waals surface area contributed by atoms with Gasteiger partial charge in [0.25, 0.3) is 0 Å². The molecule has 0 amide bonds. The Morgan fingerprint density at radius 3 is 1.83 bits per heavy atom. The lowest BCUT2D eigenvalue weighted by atomic mass is 9.81. The molecular formula is C10H20N2. The van der Waals surface area contributed by atoms with E-state index >= 15 is 0 Å². The summed E-state index contributed by atoms with van der Waals surface area (Å²) >= 11 is 0. The fraction of sp³-hybridized carbons (Fsp3) is 0.900. The van der Waals surface area contributed by atoms with E-state index in [2.05, 4.69) is 24.8 Å². The van der Waals surface area contributed by atoms with E-state index in [0.29, 0.717) is 0 Å². The lowest BCUT2D eigenvalue weighted by Gasteiger charge is -2.36. The summed E-state index contributed by atoms with van der Waals surface area (Å²) in [6, 6.07) is 2.33. The molecule has 0 aromatic carbocycles. The molecule has 2 heteroatoms. The van der Waals surface area contributed by atoms with Crippen LogP contribution in [-0.2, 0) is 0 Å². The first kappa shape index (κ1) is 11.4. The van der Waals surface area contributed by atoms with Crippen molar-refractivity contribution in [3.8, 4) is 6.07 Å². The second kappa shape index (κ2) is 3.45. The SMILES string of the molecule is CN(C)C(C)(C)CC(C)(C)C#N. The molecule has 12 heavy (non-hydrogen) atoms. The van der Waals surface area contributed by atoms with E-state index in [9.17, 15) is 0 Å². The molecule has 0 bridgehead atoms. The second-order valence-electron chi connectivity index (χ2n) is 4.88. The topological polar surface area (TPSA) is 27.0 Å². The molecule has 0 rings (SSSR count). The summed E-state index contributed by atoms with van der Waals surface area (Å²) in [5, 5.41) is 8.87. The third kappa shape index (κ3) is 3.23. The van der Waals surface area contributed by atoms with Crippen LogP contribution >= 0.6 is 0 Å². The smallest absolute Gasteiger partial charge is 0.0684 e. The van der Waals surface area contributed by atoms with Crippen LogP contribution in [0.15, 0.2) is 0 Å². The summed E-state index contributed by atoms with van der Waals surface area (Å²) in [6.07, 6.45) is 0.892. The molecule has 0 saturated carbocycles. The molecule has 0 N–H and O–H groups in total. The molecule has 0 aliphatic heterocycles. The normalized spacial score (nSPS) is 13.2. The summed E-state index contributed by atoms with van der Waals surface area (Å²) in [5.74, 6) is 0. The molecular weight excluding hydrogens is 148 g/mol. The van der Waals surface area contributed by atoms with E-state index in [1.54, 1.807) is 0 Å². The van der Waals surface area contributed by atoms with Crippen molar-refractivity contribution in [2.24, 2.45) is 5.41 Å². The van der Waals surface area contributed by atoms with Gasteiger partial charge in [0.1, 0.15) is 0 Å². The molecule has 0 aromatic heterocycles. The van der Waals surface area contributed by atoms with Crippen LogP contribution in [0.25, 0.3) is 0 Å². The number of hydrogen-bond donors (Lipinski definition) is 0. The Labute approximate surface area is 76.2 Å². The monoisotopic (exact) mass is 168 g/mol. The molecule has 0 aromatic rings. The van der Waals surface area contributed by atoms with Crippen molar-refractivity contribution in [2.75, 3.05) is 14.1 Å². The zero-order valence-corrected chi connectivity index (χ0v) is 9.10. The highest BCUT2D eigenvalue weighted by Gasteiger charge is 2.30. The van der Waals surface area contributed by atoms with Crippen LogP contribution < -0.4 is 0 Å². The Morgan fingerprint density at radius 1 is 1.17 bits per heavy atom. The highest BCUT2D eigenvalue weighted by molar-refractivity contribution is 4.97. The Bertz CT molecular complexity index is 185. The van der Waals surface area contributed by atoms with Crippen molar-refractivity contribution < 1.29 is 0 Å². The first-order chi connectivity index (χ1) is 5.21. The summed E-state index contributed by atoms with van der Waals surface area (Å²) in [7, 11) is 4.10. The van der Waals surface area contributed by atoms with Gasteiger partial charge in [0.2, 0.25) is 0 Å². The first-order valence-corrected chi connectivity index (χ1v) is 4.30. The standard InChI is InChI=1S/C10H20N2/c1-9(2,8-11)7-10(3,4)12(5)6/h7H2,1-6H3. The van der Waals surface area contributed by atoms with Crippen molar-refractivity contribution >= 4 is 0 Å². The van der Waals surface area contributed by atoms with Gasteiger partial charge >= 0.3 is 0 Å². The summed E-state index contributed by atoms with van der Waals surface area (Å²) in [6.45, 7) is 8.29. The van der Waals surface area contributed by atoms with Gasteiger partial charge in [-0.2, -0.15) is 5.26 Å². The van der Waals surface area contributed by atoms with Gasteiger partial charge in [-0.3, -0.25) is 0 Å². The first-order valence-electron chi connectivity index (χ1n) is 4.30. The van der Waals surface area contributed by atoms with E-state index in [4.69, 9.17) is 5.26 Å². The lowest BCUT2D eigenvalue weighted by Crippen LogP contribution is -2.41. The van der Waals surface area contributed by atoms with Crippen LogP contribution in [-0.4, -0.2) is 24.5 Å². The van der Waals surface area contributed by atoms with Gasteiger partial charge in [0.05, 0.1) is 11.5 Å². The number of nitriles is 1. The second-order valence-corrected chi connectivity index (χ2v) is 4.88. The zero-order chi connectivity index (χ0) is 9.99. The predicted octanol–water partition coefficient (Wildman–Crippen LogP) is 2.27. The van der Waals surface area contributed by atoms with Crippen molar-refractivity contribution in [3.63, 3.8) is 0 Å². The van der Waals surface area contributed by atoms with Gasteiger partial charge < -0.3 is 4.90 Å². The van der Waals surface area contributed by atoms with Gasteiger partial charge in [-0.1, -0.05) is 0 Å². The predicted molar refractivity (Wildman–Crippen MR) is 51.8 cm³/mol. The van der Waals surface area contributed by atoms with Crippen LogP contribution in [0.4, 0.5) is 0 Å². The maximum Gasteiger partial charge on any atom is 0.0684 e. The van der Waals surface area contributed by atoms with Gasteiger partial charge in [0, 0.05) is 5.54 Å². The van der Waals surface area contributed by atoms with Crippen LogP contribution in [0, 0.1) is 16.7 Å². The summed E-state index contributed by atoms with van der Waals surface area (Å²) in [5.41, 5.74) is -0.132. The molecule has 0 fully saturated rings. The van der Waals surface area contributed by atoms with Gasteiger partial charge in [-0.25, -0.2) is 0 Å². The van der Waals surface area contributed by atoms with Crippen LogP contribution in [0.1, 0.15) is 34.1 Å². The quantitative estimate of drug-likeness (QED) is 0.646. The Balaban J connectivity index is 4.37. The Morgan fingerprint density at radius 2 is 1.58 bits per heavy atom. The largest absolute Gasteiger partial charge is 0.304 e. The molecule has 0 saturated heterocycles. The molecule has 0 radical (unpaired) electrons. The minimum atomic E-state index is -0.228. The van der Waals surface area contributed by atoms with Crippen molar-refractivity contribution in [2.45, 2.75) is 39.7 Å². The maximum absolute atomic E-state index is 8.87. The highest BCUT2D eigenvalue weighted by Crippen LogP contribution is 2.29. The number of rotatable bonds is 3. The molecule has 70 valence electrons. The summed E-state index contributed by atoms with van der Waals surface area (Å²) in [4.78, 5) is 2.16. The lowest BCUT2D eigenvalue weighted by molar-refractivity contribution is 0.144. The molecule has 0 aliphatic carbocycles. The van der Waals surface area contributed by atoms with Crippen molar-refractivity contribution in [1.82, 2.24) is 4.90 Å². The van der Waals surface area contributed by atoms with E-state index in [1.807, 2.05) is 27.9 Å². The number of nitrogens with zero attached hydrogens (tertiary/aromatic N) is 2. The van der Waals surface area contributed by atoms with Crippen LogP contribution in [0.5, 0.6) is 0 Å². The van der Waals surface area contributed by atoms with Crippen LogP contribution in [0.3, 0.4) is 0 Å². The Kier molecular flexibility index (Phi) is 3.29. The molecule has 0 atom stereocenters. The number of hydrogen-bond acceptors (Lipinski definition) is 2. The molecule has 0 aliphatic rings. The van der Waals surface area contributed by atoms with E-state index in [1.165, 1.54) is 0 Å². The minimum Gasteiger partial charge on any atom is -0.304 e. The minimum absolute atomic E-state index is 0.0965. The fourth-order valence-corrected chi connectivity index (χ4v) is 1.28. The van der Waals surface area contributed by atoms with Crippen LogP contribution in [0.2, 0.25) is 0 Å². The summed E-state index contributed by atoms with van der Waals surface area (Å²) < 4.78 is 0. The zero-order valence-electron chi connectivity index (χ0n) is 9.10. The molecule has 0 heterocycles. The average Bonchev–Trinajstić information content (AvgIpc) is 1.85. The van der Waals surface area contributed by atoms with E-state index in [0.717, 1.165) is 6.42 Å².